The Morgan fingerprint density at radius 1 is 0.360 bits per heavy atom. The van der Waals surface area contributed by atoms with Gasteiger partial charge in [0, 0.05) is 55.8 Å². The molecule has 0 bridgehead atoms. The molecule has 0 saturated carbocycles. The maximum Gasteiger partial charge on any atom is 0.159 e. The van der Waals surface area contributed by atoms with E-state index in [4.69, 9.17) is 9.97 Å². The molecule has 0 amide bonds. The van der Waals surface area contributed by atoms with E-state index in [0.29, 0.717) is 5.82 Å². The standard InChI is InChI=1S/C46H30N4/c1-3-13-31(14-4-1)40-30-47-46(33-15-5-2-6-16-33)48-45(40)32-23-25-34(26-24-32)49-43-22-12-9-19-38(43)39-29-35(27-28-44(39)49)50-41-20-10-7-17-36(41)37-18-8-11-21-42(37)50/h1-30H. The van der Waals surface area contributed by atoms with Crippen molar-refractivity contribution in [3.05, 3.63) is 182 Å². The summed E-state index contributed by atoms with van der Waals surface area (Å²) in [4.78, 5) is 9.92. The molecule has 50 heavy (non-hydrogen) atoms. The Hall–Kier alpha value is -6.78. The molecule has 7 aromatic carbocycles. The highest BCUT2D eigenvalue weighted by Gasteiger charge is 2.17. The Morgan fingerprint density at radius 3 is 1.46 bits per heavy atom. The van der Waals surface area contributed by atoms with Crippen LogP contribution in [0, 0.1) is 0 Å². The fourth-order valence-electron chi connectivity index (χ4n) is 7.50. The smallest absolute Gasteiger partial charge is 0.159 e. The van der Waals surface area contributed by atoms with Gasteiger partial charge in [-0.25, -0.2) is 9.97 Å². The van der Waals surface area contributed by atoms with Gasteiger partial charge in [-0.2, -0.15) is 0 Å². The first-order valence-electron chi connectivity index (χ1n) is 16.9. The third-order valence-corrected chi connectivity index (χ3v) is 9.80. The summed E-state index contributed by atoms with van der Waals surface area (Å²) in [5.74, 6) is 0.714. The van der Waals surface area contributed by atoms with E-state index < -0.39 is 0 Å². The first kappa shape index (κ1) is 28.3. The summed E-state index contributed by atoms with van der Waals surface area (Å²) in [7, 11) is 0. The zero-order valence-electron chi connectivity index (χ0n) is 27.1. The molecule has 4 heteroatoms. The Labute approximate surface area is 289 Å². The number of rotatable bonds is 5. The van der Waals surface area contributed by atoms with Crippen molar-refractivity contribution in [3.63, 3.8) is 0 Å². The van der Waals surface area contributed by atoms with Crippen molar-refractivity contribution < 1.29 is 0 Å². The maximum absolute atomic E-state index is 5.14. The van der Waals surface area contributed by atoms with Crippen molar-refractivity contribution in [1.82, 2.24) is 19.1 Å². The minimum Gasteiger partial charge on any atom is -0.309 e. The highest BCUT2D eigenvalue weighted by Crippen LogP contribution is 2.38. The van der Waals surface area contributed by atoms with Crippen molar-refractivity contribution in [2.45, 2.75) is 0 Å². The van der Waals surface area contributed by atoms with Crippen LogP contribution < -0.4 is 0 Å². The lowest BCUT2D eigenvalue weighted by molar-refractivity contribution is 1.16. The average molecular weight is 639 g/mol. The van der Waals surface area contributed by atoms with Gasteiger partial charge in [0.15, 0.2) is 5.82 Å². The summed E-state index contributed by atoms with van der Waals surface area (Å²) in [6, 6.07) is 62.3. The molecule has 234 valence electrons. The summed E-state index contributed by atoms with van der Waals surface area (Å²) in [5, 5.41) is 4.98. The van der Waals surface area contributed by atoms with E-state index in [-0.39, 0.29) is 0 Å². The van der Waals surface area contributed by atoms with E-state index in [9.17, 15) is 0 Å². The molecular formula is C46H30N4. The molecule has 0 fully saturated rings. The van der Waals surface area contributed by atoms with Crippen molar-refractivity contribution >= 4 is 43.6 Å². The van der Waals surface area contributed by atoms with Crippen LogP contribution in [0.2, 0.25) is 0 Å². The van der Waals surface area contributed by atoms with E-state index >= 15 is 0 Å². The Balaban J connectivity index is 1.12. The van der Waals surface area contributed by atoms with Crippen LogP contribution in [0.3, 0.4) is 0 Å². The third kappa shape index (κ3) is 4.46. The minimum absolute atomic E-state index is 0.714. The number of hydrogen-bond donors (Lipinski definition) is 0. The quantitative estimate of drug-likeness (QED) is 0.188. The van der Waals surface area contributed by atoms with Gasteiger partial charge in [0.1, 0.15) is 0 Å². The lowest BCUT2D eigenvalue weighted by atomic mass is 10.00. The maximum atomic E-state index is 5.14. The van der Waals surface area contributed by atoms with Crippen LogP contribution in [0.4, 0.5) is 0 Å². The van der Waals surface area contributed by atoms with Crippen molar-refractivity contribution in [2.75, 3.05) is 0 Å². The normalized spacial score (nSPS) is 11.6. The fraction of sp³-hybridized carbons (Fsp3) is 0. The Bertz CT molecular complexity index is 2790. The van der Waals surface area contributed by atoms with Gasteiger partial charge in [-0.15, -0.1) is 0 Å². The van der Waals surface area contributed by atoms with Gasteiger partial charge in [0.05, 0.1) is 27.8 Å². The van der Waals surface area contributed by atoms with Crippen LogP contribution in [-0.4, -0.2) is 19.1 Å². The molecule has 0 spiro atoms. The van der Waals surface area contributed by atoms with Crippen molar-refractivity contribution in [1.29, 1.82) is 0 Å². The van der Waals surface area contributed by atoms with Gasteiger partial charge in [-0.05, 0) is 54.1 Å². The van der Waals surface area contributed by atoms with Crippen LogP contribution in [-0.2, 0) is 0 Å². The number of benzene rings is 7. The van der Waals surface area contributed by atoms with Gasteiger partial charge >= 0.3 is 0 Å². The van der Waals surface area contributed by atoms with Crippen LogP contribution >= 0.6 is 0 Å². The van der Waals surface area contributed by atoms with E-state index in [1.165, 1.54) is 43.6 Å². The number of para-hydroxylation sites is 3. The number of aromatic nitrogens is 4. The minimum atomic E-state index is 0.714. The van der Waals surface area contributed by atoms with Gasteiger partial charge in [-0.3, -0.25) is 0 Å². The average Bonchev–Trinajstić information content (AvgIpc) is 3.71. The predicted octanol–water partition coefficient (Wildman–Crippen LogP) is 11.7. The first-order valence-corrected chi connectivity index (χ1v) is 16.9. The second-order valence-electron chi connectivity index (χ2n) is 12.7. The van der Waals surface area contributed by atoms with E-state index in [1.807, 2.05) is 30.5 Å². The molecule has 0 aliphatic carbocycles. The molecule has 0 radical (unpaired) electrons. The van der Waals surface area contributed by atoms with Gasteiger partial charge < -0.3 is 9.13 Å². The molecule has 3 aromatic heterocycles. The molecule has 4 nitrogen and oxygen atoms in total. The zero-order valence-corrected chi connectivity index (χ0v) is 27.1. The number of fused-ring (bicyclic) bond motifs is 6. The number of nitrogens with zero attached hydrogens (tertiary/aromatic N) is 4. The molecular weight excluding hydrogens is 609 g/mol. The second kappa shape index (κ2) is 11.4. The lowest BCUT2D eigenvalue weighted by Gasteiger charge is -2.13. The van der Waals surface area contributed by atoms with Gasteiger partial charge in [0.25, 0.3) is 0 Å². The molecule has 10 aromatic rings. The van der Waals surface area contributed by atoms with Gasteiger partial charge in [-0.1, -0.05) is 127 Å². The highest BCUT2D eigenvalue weighted by molar-refractivity contribution is 6.12. The molecule has 10 rings (SSSR count). The van der Waals surface area contributed by atoms with E-state index in [0.717, 1.165) is 39.3 Å². The SMILES string of the molecule is c1ccc(-c2ncc(-c3ccccc3)c(-c3ccc(-n4c5ccccc5c5cc(-n6c7ccccc7c7ccccc76)ccc54)cc3)n2)cc1. The Morgan fingerprint density at radius 2 is 0.840 bits per heavy atom. The molecule has 0 aliphatic heterocycles. The van der Waals surface area contributed by atoms with Gasteiger partial charge in [0.2, 0.25) is 0 Å². The van der Waals surface area contributed by atoms with E-state index in [2.05, 4.69) is 161 Å². The van der Waals surface area contributed by atoms with Crippen molar-refractivity contribution in [2.24, 2.45) is 0 Å². The summed E-state index contributed by atoms with van der Waals surface area (Å²) in [6.45, 7) is 0. The first-order chi connectivity index (χ1) is 24.8. The molecule has 0 aliphatic rings. The molecule has 0 saturated heterocycles. The summed E-state index contributed by atoms with van der Waals surface area (Å²) < 4.78 is 4.76. The second-order valence-corrected chi connectivity index (χ2v) is 12.7. The third-order valence-electron chi connectivity index (χ3n) is 9.80. The Kier molecular flexibility index (Phi) is 6.46. The largest absolute Gasteiger partial charge is 0.309 e. The van der Waals surface area contributed by atoms with Crippen molar-refractivity contribution in [3.8, 4) is 45.1 Å². The monoisotopic (exact) mass is 638 g/mol. The molecule has 0 N–H and O–H groups in total. The summed E-state index contributed by atoms with van der Waals surface area (Å²) >= 11 is 0. The topological polar surface area (TPSA) is 35.6 Å². The van der Waals surface area contributed by atoms with Crippen LogP contribution in [0.5, 0.6) is 0 Å². The van der Waals surface area contributed by atoms with Crippen LogP contribution in [0.15, 0.2) is 182 Å². The number of hydrogen-bond acceptors (Lipinski definition) is 2. The van der Waals surface area contributed by atoms with Crippen LogP contribution in [0.25, 0.3) is 88.8 Å². The molecule has 0 atom stereocenters. The lowest BCUT2D eigenvalue weighted by Crippen LogP contribution is -1.98. The molecule has 0 unspecified atom stereocenters. The molecule has 3 heterocycles. The fourth-order valence-corrected chi connectivity index (χ4v) is 7.50. The zero-order chi connectivity index (χ0) is 33.0. The predicted molar refractivity (Wildman–Crippen MR) is 207 cm³/mol. The highest BCUT2D eigenvalue weighted by atomic mass is 15.0. The summed E-state index contributed by atoms with van der Waals surface area (Å²) in [6.07, 6.45) is 1.95. The summed E-state index contributed by atoms with van der Waals surface area (Å²) in [5.41, 5.74) is 12.1. The van der Waals surface area contributed by atoms with E-state index in [1.54, 1.807) is 0 Å². The van der Waals surface area contributed by atoms with Crippen LogP contribution in [0.1, 0.15) is 0 Å².